The number of hydrogen-bond donors (Lipinski definition) is 0. The Morgan fingerprint density at radius 1 is 0.972 bits per heavy atom. The summed E-state index contributed by atoms with van der Waals surface area (Å²) in [4.78, 5) is 12.7. The molecule has 2 nitrogen and oxygen atoms in total. The molecule has 4 aliphatic carbocycles. The van der Waals surface area contributed by atoms with Crippen molar-refractivity contribution in [3.63, 3.8) is 0 Å². The van der Waals surface area contributed by atoms with Crippen LogP contribution < -0.4 is 0 Å². The Hall–Kier alpha value is -1.57. The Balaban J connectivity index is 1.25. The molecule has 4 aliphatic rings. The minimum atomic E-state index is -0.161. The van der Waals surface area contributed by atoms with Crippen LogP contribution >= 0.6 is 0 Å². The van der Waals surface area contributed by atoms with Crippen LogP contribution in [-0.2, 0) is 4.74 Å². The summed E-state index contributed by atoms with van der Waals surface area (Å²) in [5, 5.41) is 0. The first-order chi connectivity index (χ1) is 17.2. The van der Waals surface area contributed by atoms with Gasteiger partial charge in [0.25, 0.3) is 0 Å². The van der Waals surface area contributed by atoms with E-state index in [1.165, 1.54) is 57.8 Å². The molecule has 3 fully saturated rings. The Labute approximate surface area is 220 Å². The molecule has 0 radical (unpaired) electrons. The molecule has 5 rings (SSSR count). The van der Waals surface area contributed by atoms with Gasteiger partial charge in [-0.05, 0) is 103 Å². The topological polar surface area (TPSA) is 26.3 Å². The molecule has 3 saturated carbocycles. The molecular formula is C34H50O2. The summed E-state index contributed by atoms with van der Waals surface area (Å²) in [6.45, 7) is 12.6. The maximum Gasteiger partial charge on any atom is 0.338 e. The summed E-state index contributed by atoms with van der Waals surface area (Å²) in [7, 11) is 0. The second-order valence-corrected chi connectivity index (χ2v) is 13.9. The van der Waals surface area contributed by atoms with E-state index in [1.54, 1.807) is 5.57 Å². The quantitative estimate of drug-likeness (QED) is 0.281. The molecule has 0 amide bonds. The van der Waals surface area contributed by atoms with Gasteiger partial charge < -0.3 is 4.74 Å². The Morgan fingerprint density at radius 2 is 1.75 bits per heavy atom. The highest BCUT2D eigenvalue weighted by Gasteiger charge is 2.59. The third kappa shape index (κ3) is 4.71. The summed E-state index contributed by atoms with van der Waals surface area (Å²) in [5.74, 6) is 5.03. The number of allylic oxidation sites excluding steroid dienone is 1. The van der Waals surface area contributed by atoms with E-state index in [0.29, 0.717) is 16.4 Å². The number of esters is 1. The number of carbonyl (C=O) groups excluding carboxylic acids is 1. The van der Waals surface area contributed by atoms with Crippen molar-refractivity contribution in [1.82, 2.24) is 0 Å². The first-order valence-electron chi connectivity index (χ1n) is 15.2. The van der Waals surface area contributed by atoms with Gasteiger partial charge in [0.05, 0.1) is 5.56 Å². The van der Waals surface area contributed by atoms with Gasteiger partial charge in [-0.25, -0.2) is 4.79 Å². The Bertz CT molecular complexity index is 947. The lowest BCUT2D eigenvalue weighted by Gasteiger charge is -2.58. The number of hydrogen-bond acceptors (Lipinski definition) is 2. The highest BCUT2D eigenvalue weighted by atomic mass is 16.5. The number of rotatable bonds is 7. The molecule has 0 saturated heterocycles. The summed E-state index contributed by atoms with van der Waals surface area (Å²) < 4.78 is 6.00. The fraction of sp³-hybridized carbons (Fsp3) is 0.735. The number of fused-ring (bicyclic) bond motifs is 5. The lowest BCUT2D eigenvalue weighted by Crippen LogP contribution is -2.51. The fourth-order valence-electron chi connectivity index (χ4n) is 9.55. The van der Waals surface area contributed by atoms with Gasteiger partial charge in [-0.2, -0.15) is 0 Å². The predicted molar refractivity (Wildman–Crippen MR) is 149 cm³/mol. The van der Waals surface area contributed by atoms with Crippen LogP contribution in [0, 0.1) is 46.3 Å². The van der Waals surface area contributed by atoms with Gasteiger partial charge in [0, 0.05) is 6.42 Å². The van der Waals surface area contributed by atoms with Gasteiger partial charge in [0.2, 0.25) is 0 Å². The molecule has 8 atom stereocenters. The van der Waals surface area contributed by atoms with Crippen molar-refractivity contribution in [3.8, 4) is 0 Å². The van der Waals surface area contributed by atoms with Crippen molar-refractivity contribution in [2.24, 2.45) is 46.3 Å². The third-order valence-corrected chi connectivity index (χ3v) is 11.5. The second-order valence-electron chi connectivity index (χ2n) is 13.9. The summed E-state index contributed by atoms with van der Waals surface area (Å²) >= 11 is 0. The summed E-state index contributed by atoms with van der Waals surface area (Å²) in [5.41, 5.74) is 3.12. The van der Waals surface area contributed by atoms with Gasteiger partial charge >= 0.3 is 5.97 Å². The average Bonchev–Trinajstić information content (AvgIpc) is 3.22. The fourth-order valence-corrected chi connectivity index (χ4v) is 9.55. The van der Waals surface area contributed by atoms with E-state index in [4.69, 9.17) is 4.74 Å². The van der Waals surface area contributed by atoms with Crippen LogP contribution in [-0.4, -0.2) is 12.1 Å². The SMILES string of the molecule is CC(C)CCC[C@@H](C)[C@H]1CC[C@H]2[C@@H]3CC=C4CC(OC(=O)c5ccccc5)CC[C@]4(C)[C@H]3CC[C@]12C. The number of carbonyl (C=O) groups is 1. The molecule has 0 bridgehead atoms. The maximum atomic E-state index is 12.7. The van der Waals surface area contributed by atoms with Crippen LogP contribution in [0.5, 0.6) is 0 Å². The van der Waals surface area contributed by atoms with E-state index < -0.39 is 0 Å². The number of benzene rings is 1. The van der Waals surface area contributed by atoms with Crippen LogP contribution in [0.1, 0.15) is 116 Å². The van der Waals surface area contributed by atoms with E-state index in [-0.39, 0.29) is 12.1 Å². The van der Waals surface area contributed by atoms with Crippen molar-refractivity contribution in [3.05, 3.63) is 47.5 Å². The van der Waals surface area contributed by atoms with E-state index >= 15 is 0 Å². The predicted octanol–water partition coefficient (Wildman–Crippen LogP) is 9.25. The average molecular weight is 491 g/mol. The van der Waals surface area contributed by atoms with Crippen LogP contribution in [0.4, 0.5) is 0 Å². The smallest absolute Gasteiger partial charge is 0.338 e. The van der Waals surface area contributed by atoms with Crippen molar-refractivity contribution >= 4 is 5.97 Å². The van der Waals surface area contributed by atoms with Gasteiger partial charge in [-0.3, -0.25) is 0 Å². The summed E-state index contributed by atoms with van der Waals surface area (Å²) in [6, 6.07) is 9.49. The van der Waals surface area contributed by atoms with Crippen LogP contribution in [0.25, 0.3) is 0 Å². The van der Waals surface area contributed by atoms with E-state index in [1.807, 2.05) is 30.3 Å². The zero-order valence-electron chi connectivity index (χ0n) is 23.6. The van der Waals surface area contributed by atoms with Gasteiger partial charge in [0.1, 0.15) is 6.10 Å². The van der Waals surface area contributed by atoms with E-state index in [9.17, 15) is 4.79 Å². The largest absolute Gasteiger partial charge is 0.458 e. The first kappa shape index (κ1) is 26.1. The highest BCUT2D eigenvalue weighted by Crippen LogP contribution is 2.67. The second kappa shape index (κ2) is 10.3. The molecule has 1 unspecified atom stereocenters. The van der Waals surface area contributed by atoms with Gasteiger partial charge in [-0.15, -0.1) is 0 Å². The highest BCUT2D eigenvalue weighted by molar-refractivity contribution is 5.89. The van der Waals surface area contributed by atoms with E-state index in [2.05, 4.69) is 40.7 Å². The minimum absolute atomic E-state index is 0.0324. The normalized spacial score (nSPS) is 38.5. The van der Waals surface area contributed by atoms with Gasteiger partial charge in [-0.1, -0.05) is 83.7 Å². The molecule has 0 N–H and O–H groups in total. The van der Waals surface area contributed by atoms with Crippen molar-refractivity contribution in [1.29, 1.82) is 0 Å². The third-order valence-electron chi connectivity index (χ3n) is 11.5. The van der Waals surface area contributed by atoms with Crippen molar-refractivity contribution in [2.45, 2.75) is 111 Å². The molecule has 2 heteroatoms. The Kier molecular flexibility index (Phi) is 7.45. The molecule has 0 spiro atoms. The molecular weight excluding hydrogens is 440 g/mol. The lowest BCUT2D eigenvalue weighted by atomic mass is 9.47. The molecule has 198 valence electrons. The molecule has 0 heterocycles. The first-order valence-corrected chi connectivity index (χ1v) is 15.2. The van der Waals surface area contributed by atoms with Gasteiger partial charge in [0.15, 0.2) is 0 Å². The molecule has 36 heavy (non-hydrogen) atoms. The minimum Gasteiger partial charge on any atom is -0.458 e. The summed E-state index contributed by atoms with van der Waals surface area (Å²) in [6.07, 6.45) is 17.0. The number of ether oxygens (including phenoxy) is 1. The van der Waals surface area contributed by atoms with Crippen LogP contribution in [0.15, 0.2) is 42.0 Å². The standard InChI is InChI=1S/C34H50O2/c1-23(2)10-9-11-24(3)29-16-17-30-28-15-14-26-22-27(36-32(35)25-12-7-6-8-13-25)18-20-33(26,4)31(28)19-21-34(29,30)5/h6-8,12-14,23-24,27-31H,9-11,15-22H2,1-5H3/t24-,27?,28+,29-,30+,31+,33+,34-/m1/s1. The molecule has 0 aromatic heterocycles. The van der Waals surface area contributed by atoms with Crippen LogP contribution in [0.2, 0.25) is 0 Å². The van der Waals surface area contributed by atoms with Crippen molar-refractivity contribution in [2.75, 3.05) is 0 Å². The lowest BCUT2D eigenvalue weighted by molar-refractivity contribution is -0.0594. The molecule has 0 aliphatic heterocycles. The monoisotopic (exact) mass is 490 g/mol. The van der Waals surface area contributed by atoms with Crippen LogP contribution in [0.3, 0.4) is 0 Å². The van der Waals surface area contributed by atoms with E-state index in [0.717, 1.165) is 48.3 Å². The Morgan fingerprint density at radius 3 is 2.50 bits per heavy atom. The molecule has 1 aromatic carbocycles. The molecule has 1 aromatic rings. The zero-order valence-corrected chi connectivity index (χ0v) is 23.6. The maximum absolute atomic E-state index is 12.7. The zero-order chi connectivity index (χ0) is 25.5. The van der Waals surface area contributed by atoms with Crippen molar-refractivity contribution < 1.29 is 9.53 Å².